The van der Waals surface area contributed by atoms with Crippen molar-refractivity contribution in [2.24, 2.45) is 0 Å². The largest absolute Gasteiger partial charge is 0.493 e. The molecule has 0 radical (unpaired) electrons. The fourth-order valence-electron chi connectivity index (χ4n) is 2.53. The first kappa shape index (κ1) is 13.7. The van der Waals surface area contributed by atoms with Gasteiger partial charge in [0.25, 0.3) is 0 Å². The predicted molar refractivity (Wildman–Crippen MR) is 76.2 cm³/mol. The van der Waals surface area contributed by atoms with Gasteiger partial charge < -0.3 is 19.2 Å². The highest BCUT2D eigenvalue weighted by Gasteiger charge is 2.22. The van der Waals surface area contributed by atoms with Crippen molar-refractivity contribution < 1.29 is 18.7 Å². The second-order valence-corrected chi connectivity index (χ2v) is 4.87. The lowest BCUT2D eigenvalue weighted by Crippen LogP contribution is -2.27. The molecule has 0 spiro atoms. The fraction of sp³-hybridized carbons (Fsp3) is 0.312. The van der Waals surface area contributed by atoms with Crippen molar-refractivity contribution in [3.8, 4) is 5.75 Å². The lowest BCUT2D eigenvalue weighted by molar-refractivity contribution is 0.0563. The van der Waals surface area contributed by atoms with Crippen molar-refractivity contribution >= 4 is 5.97 Å². The monoisotopic (exact) mass is 287 g/mol. The van der Waals surface area contributed by atoms with Gasteiger partial charge in [0.1, 0.15) is 5.75 Å². The molecule has 5 nitrogen and oxygen atoms in total. The van der Waals surface area contributed by atoms with Gasteiger partial charge in [0.05, 0.1) is 20.0 Å². The van der Waals surface area contributed by atoms with Crippen molar-refractivity contribution in [2.45, 2.75) is 19.0 Å². The van der Waals surface area contributed by atoms with Crippen molar-refractivity contribution in [3.05, 3.63) is 53.5 Å². The Morgan fingerprint density at radius 2 is 2.24 bits per heavy atom. The Labute approximate surface area is 122 Å². The normalized spacial score (nSPS) is 16.9. The number of para-hydroxylation sites is 1. The van der Waals surface area contributed by atoms with Crippen molar-refractivity contribution in [3.63, 3.8) is 0 Å². The van der Waals surface area contributed by atoms with E-state index in [-0.39, 0.29) is 11.8 Å². The SMILES string of the molecule is COC(=O)c1occc1CNC1CCOc2ccccc21. The average molecular weight is 287 g/mol. The van der Waals surface area contributed by atoms with Gasteiger partial charge in [-0.05, 0) is 12.1 Å². The predicted octanol–water partition coefficient (Wildman–Crippen LogP) is 2.68. The Morgan fingerprint density at radius 3 is 3.10 bits per heavy atom. The number of carbonyl (C=O) groups is 1. The number of carbonyl (C=O) groups excluding carboxylic acids is 1. The molecular weight excluding hydrogens is 270 g/mol. The Hall–Kier alpha value is -2.27. The van der Waals surface area contributed by atoms with Crippen LogP contribution >= 0.6 is 0 Å². The molecule has 5 heteroatoms. The van der Waals surface area contributed by atoms with Crippen LogP contribution in [0.25, 0.3) is 0 Å². The van der Waals surface area contributed by atoms with E-state index >= 15 is 0 Å². The zero-order valence-electron chi connectivity index (χ0n) is 11.8. The maximum atomic E-state index is 11.6. The van der Waals surface area contributed by atoms with Gasteiger partial charge in [-0.3, -0.25) is 0 Å². The zero-order valence-corrected chi connectivity index (χ0v) is 11.8. The minimum absolute atomic E-state index is 0.204. The number of furan rings is 1. The molecule has 1 N–H and O–H groups in total. The summed E-state index contributed by atoms with van der Waals surface area (Å²) < 4.78 is 15.5. The molecule has 1 aliphatic rings. The summed E-state index contributed by atoms with van der Waals surface area (Å²) in [5.41, 5.74) is 1.94. The summed E-state index contributed by atoms with van der Waals surface area (Å²) in [6, 6.07) is 9.98. The summed E-state index contributed by atoms with van der Waals surface area (Å²) >= 11 is 0. The van der Waals surface area contributed by atoms with E-state index in [0.29, 0.717) is 13.2 Å². The van der Waals surface area contributed by atoms with E-state index in [1.54, 1.807) is 6.07 Å². The summed E-state index contributed by atoms with van der Waals surface area (Å²) in [7, 11) is 1.34. The number of fused-ring (bicyclic) bond motifs is 1. The first-order valence-electron chi connectivity index (χ1n) is 6.89. The highest BCUT2D eigenvalue weighted by Crippen LogP contribution is 2.31. The molecule has 3 rings (SSSR count). The molecule has 1 aliphatic heterocycles. The van der Waals surface area contributed by atoms with Gasteiger partial charge in [0, 0.05) is 30.1 Å². The Morgan fingerprint density at radius 1 is 1.38 bits per heavy atom. The van der Waals surface area contributed by atoms with Crippen LogP contribution < -0.4 is 10.1 Å². The van der Waals surface area contributed by atoms with Crippen LogP contribution in [0.3, 0.4) is 0 Å². The summed E-state index contributed by atoms with van der Waals surface area (Å²) in [4.78, 5) is 11.6. The molecule has 0 saturated carbocycles. The van der Waals surface area contributed by atoms with Gasteiger partial charge >= 0.3 is 5.97 Å². The lowest BCUT2D eigenvalue weighted by Gasteiger charge is -2.26. The van der Waals surface area contributed by atoms with E-state index in [4.69, 9.17) is 13.9 Å². The van der Waals surface area contributed by atoms with E-state index in [1.807, 2.05) is 18.2 Å². The molecule has 0 bridgehead atoms. The molecule has 1 aromatic carbocycles. The summed E-state index contributed by atoms with van der Waals surface area (Å²) in [6.07, 6.45) is 2.39. The number of rotatable bonds is 4. The molecule has 110 valence electrons. The van der Waals surface area contributed by atoms with Gasteiger partial charge in [-0.1, -0.05) is 18.2 Å². The summed E-state index contributed by atoms with van der Waals surface area (Å²) in [6.45, 7) is 1.23. The molecular formula is C16H17NO4. The van der Waals surface area contributed by atoms with Crippen LogP contribution in [-0.4, -0.2) is 19.7 Å². The van der Waals surface area contributed by atoms with Crippen molar-refractivity contribution in [1.82, 2.24) is 5.32 Å². The Bertz CT molecular complexity index is 635. The highest BCUT2D eigenvalue weighted by molar-refractivity contribution is 5.87. The van der Waals surface area contributed by atoms with Gasteiger partial charge in [0.2, 0.25) is 5.76 Å². The first-order valence-corrected chi connectivity index (χ1v) is 6.89. The second kappa shape index (κ2) is 6.01. The lowest BCUT2D eigenvalue weighted by atomic mass is 10.0. The number of methoxy groups -OCH3 is 1. The minimum Gasteiger partial charge on any atom is -0.493 e. The van der Waals surface area contributed by atoms with Crippen LogP contribution in [0.5, 0.6) is 5.75 Å². The molecule has 0 amide bonds. The smallest absolute Gasteiger partial charge is 0.374 e. The second-order valence-electron chi connectivity index (χ2n) is 4.87. The molecule has 1 atom stereocenters. The first-order chi connectivity index (χ1) is 10.3. The molecule has 1 aromatic heterocycles. The van der Waals surface area contributed by atoms with Crippen LogP contribution in [0.2, 0.25) is 0 Å². The van der Waals surface area contributed by atoms with Crippen LogP contribution in [0.4, 0.5) is 0 Å². The highest BCUT2D eigenvalue weighted by atomic mass is 16.5. The maximum absolute atomic E-state index is 11.6. The van der Waals surface area contributed by atoms with Crippen LogP contribution in [0.1, 0.15) is 34.1 Å². The fourth-order valence-corrected chi connectivity index (χ4v) is 2.53. The molecule has 2 heterocycles. The molecule has 0 aliphatic carbocycles. The van der Waals surface area contributed by atoms with Gasteiger partial charge in [-0.2, -0.15) is 0 Å². The zero-order chi connectivity index (χ0) is 14.7. The molecule has 2 aromatic rings. The van der Waals surface area contributed by atoms with Gasteiger partial charge in [0.15, 0.2) is 0 Å². The van der Waals surface area contributed by atoms with Crippen molar-refractivity contribution in [1.29, 1.82) is 0 Å². The Balaban J connectivity index is 1.72. The van der Waals surface area contributed by atoms with Crippen molar-refractivity contribution in [2.75, 3.05) is 13.7 Å². The van der Waals surface area contributed by atoms with Crippen LogP contribution in [0.15, 0.2) is 41.0 Å². The molecule has 0 saturated heterocycles. The minimum atomic E-state index is -0.454. The number of ether oxygens (including phenoxy) is 2. The van der Waals surface area contributed by atoms with Crippen LogP contribution in [-0.2, 0) is 11.3 Å². The number of hydrogen-bond acceptors (Lipinski definition) is 5. The van der Waals surface area contributed by atoms with Gasteiger partial charge in [-0.15, -0.1) is 0 Å². The number of nitrogens with one attached hydrogen (secondary N) is 1. The number of benzene rings is 1. The van der Waals surface area contributed by atoms with E-state index in [2.05, 4.69) is 11.4 Å². The average Bonchev–Trinajstić information content (AvgIpc) is 3.00. The summed E-state index contributed by atoms with van der Waals surface area (Å²) in [5, 5.41) is 3.45. The third-order valence-electron chi connectivity index (χ3n) is 3.61. The third-order valence-corrected chi connectivity index (χ3v) is 3.61. The number of hydrogen-bond donors (Lipinski definition) is 1. The molecule has 1 unspecified atom stereocenters. The van der Waals surface area contributed by atoms with E-state index in [0.717, 1.165) is 23.3 Å². The van der Waals surface area contributed by atoms with E-state index in [1.165, 1.54) is 13.4 Å². The van der Waals surface area contributed by atoms with E-state index in [9.17, 15) is 4.79 Å². The quantitative estimate of drug-likeness (QED) is 0.876. The topological polar surface area (TPSA) is 60.7 Å². The third kappa shape index (κ3) is 2.78. The maximum Gasteiger partial charge on any atom is 0.374 e. The molecule has 0 fully saturated rings. The van der Waals surface area contributed by atoms with Crippen LogP contribution in [0, 0.1) is 0 Å². The molecule has 21 heavy (non-hydrogen) atoms. The Kier molecular flexibility index (Phi) is 3.92. The van der Waals surface area contributed by atoms with Gasteiger partial charge in [-0.25, -0.2) is 4.79 Å². The summed E-state index contributed by atoms with van der Waals surface area (Å²) in [5.74, 6) is 0.719. The number of esters is 1. The standard InChI is InChI=1S/C16H17NO4/c1-19-16(18)15-11(6-8-21-15)10-17-13-7-9-20-14-5-3-2-4-12(13)14/h2-6,8,13,17H,7,9-10H2,1H3. The van der Waals surface area contributed by atoms with E-state index < -0.39 is 5.97 Å².